The lowest BCUT2D eigenvalue weighted by atomic mass is 10.1. The number of nitrogens with zero attached hydrogens (tertiary/aromatic N) is 2. The third-order valence-electron chi connectivity index (χ3n) is 3.14. The van der Waals surface area contributed by atoms with E-state index < -0.39 is 0 Å². The number of benzene rings is 1. The number of fused-ring (bicyclic) bond motifs is 1. The Labute approximate surface area is 121 Å². The molecule has 1 aromatic carbocycles. The van der Waals surface area contributed by atoms with Gasteiger partial charge in [-0.2, -0.15) is 0 Å². The number of aryl methyl sites for hydroxylation is 1. The van der Waals surface area contributed by atoms with E-state index in [0.29, 0.717) is 0 Å². The number of aromatic nitrogens is 2. The van der Waals surface area contributed by atoms with E-state index in [-0.39, 0.29) is 6.04 Å². The van der Waals surface area contributed by atoms with Gasteiger partial charge in [0.15, 0.2) is 0 Å². The fourth-order valence-corrected chi connectivity index (χ4v) is 2.97. The van der Waals surface area contributed by atoms with Crippen LogP contribution in [0.15, 0.2) is 36.5 Å². The SMILES string of the molecule is Cc1cc2ncc(NC(C)c3cccc(N)c3)nc2s1. The Morgan fingerprint density at radius 2 is 2.15 bits per heavy atom. The van der Waals surface area contributed by atoms with E-state index in [9.17, 15) is 0 Å². The topological polar surface area (TPSA) is 63.8 Å². The molecule has 20 heavy (non-hydrogen) atoms. The Balaban J connectivity index is 1.85. The molecule has 0 radical (unpaired) electrons. The van der Waals surface area contributed by atoms with E-state index in [1.807, 2.05) is 18.2 Å². The number of anilines is 2. The van der Waals surface area contributed by atoms with Crippen molar-refractivity contribution in [3.63, 3.8) is 0 Å². The highest BCUT2D eigenvalue weighted by Gasteiger charge is 2.08. The van der Waals surface area contributed by atoms with Gasteiger partial charge in [0.1, 0.15) is 16.2 Å². The zero-order valence-electron chi connectivity index (χ0n) is 11.4. The molecule has 2 aromatic heterocycles. The number of thiophene rings is 1. The summed E-state index contributed by atoms with van der Waals surface area (Å²) >= 11 is 1.66. The van der Waals surface area contributed by atoms with Crippen molar-refractivity contribution in [1.29, 1.82) is 0 Å². The predicted octanol–water partition coefficient (Wildman–Crippen LogP) is 3.76. The molecule has 5 heteroatoms. The van der Waals surface area contributed by atoms with Crippen molar-refractivity contribution in [2.45, 2.75) is 19.9 Å². The smallest absolute Gasteiger partial charge is 0.146 e. The maximum atomic E-state index is 5.81. The van der Waals surface area contributed by atoms with Crippen LogP contribution in [-0.4, -0.2) is 9.97 Å². The first-order valence-electron chi connectivity index (χ1n) is 6.47. The van der Waals surface area contributed by atoms with Gasteiger partial charge < -0.3 is 11.1 Å². The summed E-state index contributed by atoms with van der Waals surface area (Å²) in [4.78, 5) is 11.2. The first-order chi connectivity index (χ1) is 9.61. The largest absolute Gasteiger partial charge is 0.399 e. The second-order valence-corrected chi connectivity index (χ2v) is 6.07. The van der Waals surface area contributed by atoms with Crippen molar-refractivity contribution in [2.24, 2.45) is 0 Å². The van der Waals surface area contributed by atoms with Crippen LogP contribution >= 0.6 is 11.3 Å². The van der Waals surface area contributed by atoms with E-state index in [0.717, 1.165) is 27.4 Å². The highest BCUT2D eigenvalue weighted by Crippen LogP contribution is 2.24. The summed E-state index contributed by atoms with van der Waals surface area (Å²) in [5.74, 6) is 0.786. The molecule has 0 fully saturated rings. The molecule has 0 aliphatic heterocycles. The molecule has 0 saturated carbocycles. The van der Waals surface area contributed by atoms with Crippen LogP contribution in [0.1, 0.15) is 23.4 Å². The Morgan fingerprint density at radius 1 is 1.30 bits per heavy atom. The van der Waals surface area contributed by atoms with Crippen molar-refractivity contribution >= 4 is 33.2 Å². The second-order valence-electron chi connectivity index (χ2n) is 4.84. The fourth-order valence-electron chi connectivity index (χ4n) is 2.13. The Morgan fingerprint density at radius 3 is 2.95 bits per heavy atom. The van der Waals surface area contributed by atoms with Crippen molar-refractivity contribution in [3.8, 4) is 0 Å². The first kappa shape index (κ1) is 12.9. The highest BCUT2D eigenvalue weighted by molar-refractivity contribution is 7.18. The summed E-state index contributed by atoms with van der Waals surface area (Å²) in [5.41, 5.74) is 8.67. The summed E-state index contributed by atoms with van der Waals surface area (Å²) in [6, 6.07) is 10.1. The fraction of sp³-hybridized carbons (Fsp3) is 0.200. The number of nitrogens with one attached hydrogen (secondary N) is 1. The van der Waals surface area contributed by atoms with Crippen LogP contribution in [0.5, 0.6) is 0 Å². The maximum absolute atomic E-state index is 5.81. The van der Waals surface area contributed by atoms with Gasteiger partial charge in [0.25, 0.3) is 0 Å². The van der Waals surface area contributed by atoms with Gasteiger partial charge in [-0.05, 0) is 37.6 Å². The van der Waals surface area contributed by atoms with Gasteiger partial charge in [-0.3, -0.25) is 0 Å². The molecule has 0 aliphatic carbocycles. The Hall–Kier alpha value is -2.14. The molecule has 2 heterocycles. The average Bonchev–Trinajstić information content (AvgIpc) is 2.78. The van der Waals surface area contributed by atoms with Gasteiger partial charge in [0.2, 0.25) is 0 Å². The minimum absolute atomic E-state index is 0.131. The number of rotatable bonds is 3. The van der Waals surface area contributed by atoms with Crippen LogP contribution in [0, 0.1) is 6.92 Å². The van der Waals surface area contributed by atoms with Crippen molar-refractivity contribution in [2.75, 3.05) is 11.1 Å². The molecule has 0 saturated heterocycles. The average molecular weight is 284 g/mol. The monoisotopic (exact) mass is 284 g/mol. The van der Waals surface area contributed by atoms with Crippen LogP contribution in [0.3, 0.4) is 0 Å². The van der Waals surface area contributed by atoms with E-state index in [1.54, 1.807) is 17.5 Å². The van der Waals surface area contributed by atoms with Crippen LogP contribution in [0.2, 0.25) is 0 Å². The third kappa shape index (κ3) is 2.58. The van der Waals surface area contributed by atoms with Crippen LogP contribution in [-0.2, 0) is 0 Å². The lowest BCUT2D eigenvalue weighted by Crippen LogP contribution is -2.08. The molecule has 102 valence electrons. The second kappa shape index (κ2) is 5.09. The van der Waals surface area contributed by atoms with Crippen molar-refractivity contribution in [3.05, 3.63) is 47.0 Å². The predicted molar refractivity (Wildman–Crippen MR) is 85.0 cm³/mol. The van der Waals surface area contributed by atoms with E-state index in [4.69, 9.17) is 5.73 Å². The normalized spacial score (nSPS) is 12.5. The van der Waals surface area contributed by atoms with Crippen molar-refractivity contribution in [1.82, 2.24) is 9.97 Å². The van der Waals surface area contributed by atoms with Gasteiger partial charge in [0, 0.05) is 10.6 Å². The number of nitrogen functional groups attached to an aromatic ring is 1. The molecule has 0 aliphatic rings. The van der Waals surface area contributed by atoms with Crippen LogP contribution < -0.4 is 11.1 Å². The molecular formula is C15H16N4S. The molecule has 3 rings (SSSR count). The minimum Gasteiger partial charge on any atom is -0.399 e. The molecular weight excluding hydrogens is 268 g/mol. The van der Waals surface area contributed by atoms with Gasteiger partial charge >= 0.3 is 0 Å². The standard InChI is InChI=1S/C15H16N4S/c1-9-6-13-15(20-9)19-14(8-17-13)18-10(2)11-4-3-5-12(16)7-11/h3-8,10H,16H2,1-2H3,(H,18,19). The molecule has 0 bridgehead atoms. The molecule has 0 amide bonds. The molecule has 0 spiro atoms. The molecule has 3 aromatic rings. The Kier molecular flexibility index (Phi) is 3.28. The molecule has 1 atom stereocenters. The summed E-state index contributed by atoms with van der Waals surface area (Å²) < 4.78 is 0. The summed E-state index contributed by atoms with van der Waals surface area (Å²) in [6.07, 6.45) is 1.78. The minimum atomic E-state index is 0.131. The van der Waals surface area contributed by atoms with Gasteiger partial charge in [-0.25, -0.2) is 9.97 Å². The summed E-state index contributed by atoms with van der Waals surface area (Å²) in [6.45, 7) is 4.15. The third-order valence-corrected chi connectivity index (χ3v) is 4.07. The number of hydrogen-bond acceptors (Lipinski definition) is 5. The van der Waals surface area contributed by atoms with Gasteiger partial charge in [0.05, 0.1) is 12.2 Å². The summed E-state index contributed by atoms with van der Waals surface area (Å²) in [7, 11) is 0. The quantitative estimate of drug-likeness (QED) is 0.719. The maximum Gasteiger partial charge on any atom is 0.146 e. The van der Waals surface area contributed by atoms with Gasteiger partial charge in [-0.15, -0.1) is 11.3 Å². The first-order valence-corrected chi connectivity index (χ1v) is 7.28. The molecule has 4 nitrogen and oxygen atoms in total. The highest BCUT2D eigenvalue weighted by atomic mass is 32.1. The van der Waals surface area contributed by atoms with Gasteiger partial charge in [-0.1, -0.05) is 12.1 Å². The lowest BCUT2D eigenvalue weighted by molar-refractivity contribution is 0.875. The lowest BCUT2D eigenvalue weighted by Gasteiger charge is -2.15. The van der Waals surface area contributed by atoms with Crippen molar-refractivity contribution < 1.29 is 0 Å². The zero-order chi connectivity index (χ0) is 14.1. The molecule has 3 N–H and O–H groups in total. The number of hydrogen-bond donors (Lipinski definition) is 2. The van der Waals surface area contributed by atoms with E-state index in [1.165, 1.54) is 4.88 Å². The van der Waals surface area contributed by atoms with Crippen LogP contribution in [0.4, 0.5) is 11.5 Å². The Bertz CT molecular complexity index is 750. The van der Waals surface area contributed by atoms with E-state index >= 15 is 0 Å². The molecule has 1 unspecified atom stereocenters. The van der Waals surface area contributed by atoms with Crippen LogP contribution in [0.25, 0.3) is 10.3 Å². The zero-order valence-corrected chi connectivity index (χ0v) is 12.2. The summed E-state index contributed by atoms with van der Waals surface area (Å²) in [5, 5.41) is 3.36. The number of nitrogens with two attached hydrogens (primary N) is 1. The van der Waals surface area contributed by atoms with E-state index in [2.05, 4.69) is 41.3 Å².